The van der Waals surface area contributed by atoms with Crippen LogP contribution in [0.4, 0.5) is 8.78 Å². The van der Waals surface area contributed by atoms with E-state index in [1.165, 1.54) is 4.31 Å². The van der Waals surface area contributed by atoms with Crippen molar-refractivity contribution in [3.63, 3.8) is 0 Å². The van der Waals surface area contributed by atoms with Crippen molar-refractivity contribution >= 4 is 22.4 Å². The van der Waals surface area contributed by atoms with Gasteiger partial charge in [0.15, 0.2) is 11.6 Å². The first-order chi connectivity index (χ1) is 8.96. The van der Waals surface area contributed by atoms with Crippen LogP contribution >= 0.6 is 12.4 Å². The molecule has 0 amide bonds. The van der Waals surface area contributed by atoms with Crippen LogP contribution in [0, 0.1) is 11.6 Å². The Kier molecular flexibility index (Phi) is 5.88. The number of piperidine rings is 1. The minimum Gasteiger partial charge on any atom is -0.329 e. The van der Waals surface area contributed by atoms with Crippen LogP contribution in [-0.4, -0.2) is 31.9 Å². The zero-order valence-corrected chi connectivity index (χ0v) is 12.4. The van der Waals surface area contributed by atoms with E-state index in [0.29, 0.717) is 19.0 Å². The fourth-order valence-corrected chi connectivity index (χ4v) is 4.02. The van der Waals surface area contributed by atoms with Crippen LogP contribution in [0.5, 0.6) is 0 Å². The molecule has 1 unspecified atom stereocenters. The van der Waals surface area contributed by atoms with Crippen LogP contribution in [0.3, 0.4) is 0 Å². The van der Waals surface area contributed by atoms with Gasteiger partial charge in [-0.1, -0.05) is 6.42 Å². The quantitative estimate of drug-likeness (QED) is 0.922. The maximum Gasteiger partial charge on any atom is 0.243 e. The Morgan fingerprint density at radius 3 is 2.55 bits per heavy atom. The van der Waals surface area contributed by atoms with Crippen molar-refractivity contribution in [1.82, 2.24) is 4.31 Å². The third-order valence-electron chi connectivity index (χ3n) is 3.34. The normalized spacial score (nSPS) is 20.4. The second-order valence-electron chi connectivity index (χ2n) is 4.58. The Morgan fingerprint density at radius 1 is 1.25 bits per heavy atom. The summed E-state index contributed by atoms with van der Waals surface area (Å²) < 4.78 is 52.1. The Bertz CT molecular complexity index is 569. The molecule has 8 heteroatoms. The second-order valence-corrected chi connectivity index (χ2v) is 6.47. The molecule has 20 heavy (non-hydrogen) atoms. The van der Waals surface area contributed by atoms with Crippen molar-refractivity contribution in [1.29, 1.82) is 0 Å². The minimum absolute atomic E-state index is 0. The molecule has 0 aromatic heterocycles. The summed E-state index contributed by atoms with van der Waals surface area (Å²) in [5, 5.41) is 0. The molecule has 1 heterocycles. The first-order valence-electron chi connectivity index (χ1n) is 6.14. The van der Waals surface area contributed by atoms with E-state index in [2.05, 4.69) is 0 Å². The molecule has 1 aromatic carbocycles. The van der Waals surface area contributed by atoms with Crippen LogP contribution in [-0.2, 0) is 10.0 Å². The lowest BCUT2D eigenvalue weighted by molar-refractivity contribution is 0.257. The molecule has 0 aliphatic carbocycles. The van der Waals surface area contributed by atoms with Crippen LogP contribution in [0.25, 0.3) is 0 Å². The molecule has 1 aromatic rings. The van der Waals surface area contributed by atoms with E-state index in [-0.39, 0.29) is 29.9 Å². The summed E-state index contributed by atoms with van der Waals surface area (Å²) >= 11 is 0. The lowest BCUT2D eigenvalue weighted by Gasteiger charge is -2.33. The third-order valence-corrected chi connectivity index (χ3v) is 5.29. The Labute approximate surface area is 123 Å². The molecule has 0 saturated carbocycles. The Balaban J connectivity index is 0.00000200. The van der Waals surface area contributed by atoms with Crippen LogP contribution in [0.15, 0.2) is 23.1 Å². The lowest BCUT2D eigenvalue weighted by atomic mass is 10.1. The highest BCUT2D eigenvalue weighted by atomic mass is 35.5. The van der Waals surface area contributed by atoms with Crippen LogP contribution in [0.1, 0.15) is 19.3 Å². The molecule has 0 spiro atoms. The van der Waals surface area contributed by atoms with Gasteiger partial charge in [-0.2, -0.15) is 4.31 Å². The summed E-state index contributed by atoms with van der Waals surface area (Å²) in [7, 11) is -3.82. The van der Waals surface area contributed by atoms with Gasteiger partial charge in [0.25, 0.3) is 0 Å². The number of sulfonamides is 1. The van der Waals surface area contributed by atoms with E-state index in [1.54, 1.807) is 0 Å². The molecule has 1 fully saturated rings. The van der Waals surface area contributed by atoms with E-state index >= 15 is 0 Å². The first kappa shape index (κ1) is 17.3. The highest BCUT2D eigenvalue weighted by molar-refractivity contribution is 7.89. The van der Waals surface area contributed by atoms with Crippen LogP contribution in [0.2, 0.25) is 0 Å². The summed E-state index contributed by atoms with van der Waals surface area (Å²) in [6.07, 6.45) is 2.37. The van der Waals surface area contributed by atoms with Gasteiger partial charge in [-0.3, -0.25) is 0 Å². The van der Waals surface area contributed by atoms with Gasteiger partial charge in [-0.25, -0.2) is 17.2 Å². The monoisotopic (exact) mass is 326 g/mol. The van der Waals surface area contributed by atoms with E-state index in [4.69, 9.17) is 5.73 Å². The maximum atomic E-state index is 13.2. The van der Waals surface area contributed by atoms with E-state index in [9.17, 15) is 17.2 Å². The first-order valence-corrected chi connectivity index (χ1v) is 7.58. The van der Waals surface area contributed by atoms with E-state index in [1.807, 2.05) is 0 Å². The summed E-state index contributed by atoms with van der Waals surface area (Å²) in [5.41, 5.74) is 5.58. The van der Waals surface area contributed by atoms with Gasteiger partial charge in [0.2, 0.25) is 10.0 Å². The fraction of sp³-hybridized carbons (Fsp3) is 0.500. The summed E-state index contributed by atoms with van der Waals surface area (Å²) in [5.74, 6) is -2.23. The predicted octanol–water partition coefficient (Wildman–Crippen LogP) is 1.89. The number of halogens is 3. The number of hydrogen-bond donors (Lipinski definition) is 1. The maximum absolute atomic E-state index is 13.2. The lowest BCUT2D eigenvalue weighted by Crippen LogP contribution is -2.47. The second kappa shape index (κ2) is 6.80. The molecule has 1 atom stereocenters. The number of rotatable bonds is 3. The van der Waals surface area contributed by atoms with E-state index < -0.39 is 21.7 Å². The van der Waals surface area contributed by atoms with Crippen molar-refractivity contribution in [2.75, 3.05) is 13.1 Å². The zero-order chi connectivity index (χ0) is 14.0. The number of nitrogens with zero attached hydrogens (tertiary/aromatic N) is 1. The fourth-order valence-electron chi connectivity index (χ4n) is 2.30. The predicted molar refractivity (Wildman–Crippen MR) is 74.2 cm³/mol. The molecule has 1 aliphatic rings. The van der Waals surface area contributed by atoms with Gasteiger partial charge in [0, 0.05) is 19.1 Å². The zero-order valence-electron chi connectivity index (χ0n) is 10.8. The molecular weight excluding hydrogens is 310 g/mol. The van der Waals surface area contributed by atoms with Crippen molar-refractivity contribution in [2.45, 2.75) is 30.2 Å². The summed E-state index contributed by atoms with van der Waals surface area (Å²) in [4.78, 5) is -0.230. The van der Waals surface area contributed by atoms with Crippen LogP contribution < -0.4 is 5.73 Å². The molecule has 2 N–H and O–H groups in total. The minimum atomic E-state index is -3.82. The van der Waals surface area contributed by atoms with Gasteiger partial charge in [0.05, 0.1) is 4.90 Å². The van der Waals surface area contributed by atoms with Gasteiger partial charge in [-0.05, 0) is 31.0 Å². The third kappa shape index (κ3) is 3.28. The molecule has 1 aliphatic heterocycles. The van der Waals surface area contributed by atoms with Gasteiger partial charge >= 0.3 is 0 Å². The topological polar surface area (TPSA) is 63.4 Å². The summed E-state index contributed by atoms with van der Waals surface area (Å²) in [6, 6.07) is 2.35. The average molecular weight is 327 g/mol. The number of hydrogen-bond acceptors (Lipinski definition) is 3. The molecule has 0 bridgehead atoms. The molecule has 1 saturated heterocycles. The SMILES string of the molecule is Cl.NCC1CCCCN1S(=O)(=O)c1ccc(F)c(F)c1. The standard InChI is InChI=1S/C12H16F2N2O2S.ClH/c13-11-5-4-10(7-12(11)14)19(17,18)16-6-2-1-3-9(16)8-15;/h4-5,7,9H,1-3,6,8,15H2;1H. The van der Waals surface area contributed by atoms with Gasteiger partial charge in [-0.15, -0.1) is 12.4 Å². The van der Waals surface area contributed by atoms with Gasteiger partial charge < -0.3 is 5.73 Å². The highest BCUT2D eigenvalue weighted by Gasteiger charge is 2.33. The van der Waals surface area contributed by atoms with Crippen molar-refractivity contribution in [3.05, 3.63) is 29.8 Å². The van der Waals surface area contributed by atoms with Gasteiger partial charge in [0.1, 0.15) is 0 Å². The number of nitrogens with two attached hydrogens (primary N) is 1. The largest absolute Gasteiger partial charge is 0.329 e. The Morgan fingerprint density at radius 2 is 1.95 bits per heavy atom. The van der Waals surface area contributed by atoms with Crippen molar-refractivity contribution < 1.29 is 17.2 Å². The van der Waals surface area contributed by atoms with Crippen molar-refractivity contribution in [2.24, 2.45) is 5.73 Å². The molecule has 114 valence electrons. The molecule has 2 rings (SSSR count). The highest BCUT2D eigenvalue weighted by Crippen LogP contribution is 2.25. The summed E-state index contributed by atoms with van der Waals surface area (Å²) in [6.45, 7) is 0.589. The molecular formula is C12H17ClF2N2O2S. The Hall–Kier alpha value is -0.760. The molecule has 4 nitrogen and oxygen atoms in total. The van der Waals surface area contributed by atoms with Crippen molar-refractivity contribution in [3.8, 4) is 0 Å². The molecule has 0 radical (unpaired) electrons. The average Bonchev–Trinajstić information content (AvgIpc) is 2.41. The van der Waals surface area contributed by atoms with E-state index in [0.717, 1.165) is 25.0 Å². The number of benzene rings is 1. The smallest absolute Gasteiger partial charge is 0.243 e.